The average molecular weight is 422 g/mol. The number of nitrogens with one attached hydrogen (secondary N) is 3. The van der Waals surface area contributed by atoms with Crippen LogP contribution in [0.4, 0.5) is 11.4 Å². The third-order valence-electron chi connectivity index (χ3n) is 4.60. The van der Waals surface area contributed by atoms with Crippen LogP contribution in [-0.4, -0.2) is 40.3 Å². The number of para-hydroxylation sites is 2. The molecule has 9 heteroatoms. The van der Waals surface area contributed by atoms with Gasteiger partial charge >= 0.3 is 0 Å². The Bertz CT molecular complexity index is 1000. The second kappa shape index (κ2) is 11.3. The Balaban J connectivity index is 1.57. The van der Waals surface area contributed by atoms with E-state index in [0.29, 0.717) is 37.8 Å². The van der Waals surface area contributed by atoms with Crippen LogP contribution in [-0.2, 0) is 13.1 Å². The van der Waals surface area contributed by atoms with Gasteiger partial charge in [-0.3, -0.25) is 14.8 Å². The van der Waals surface area contributed by atoms with Gasteiger partial charge in [-0.2, -0.15) is 5.10 Å². The predicted octanol–water partition coefficient (Wildman–Crippen LogP) is 3.01. The molecule has 3 rings (SSSR count). The van der Waals surface area contributed by atoms with Crippen LogP contribution in [0.3, 0.4) is 0 Å². The molecule has 2 aromatic carbocycles. The van der Waals surface area contributed by atoms with Gasteiger partial charge in [-0.1, -0.05) is 36.4 Å². The minimum absolute atomic E-state index is 0.0665. The summed E-state index contributed by atoms with van der Waals surface area (Å²) < 4.78 is 1.89. The molecule has 3 N–H and O–H groups in total. The summed E-state index contributed by atoms with van der Waals surface area (Å²) in [5, 5.41) is 25.0. The maximum atomic E-state index is 11.1. The summed E-state index contributed by atoms with van der Waals surface area (Å²) in [7, 11) is 0. The Morgan fingerprint density at radius 1 is 1.06 bits per heavy atom. The topological polar surface area (TPSA) is 109 Å². The lowest BCUT2D eigenvalue weighted by Gasteiger charge is -2.13. The Morgan fingerprint density at radius 2 is 1.84 bits per heavy atom. The van der Waals surface area contributed by atoms with Gasteiger partial charge in [0, 0.05) is 38.1 Å². The molecule has 0 radical (unpaired) electrons. The molecular formula is C22H27N7O2. The average Bonchev–Trinajstić information content (AvgIpc) is 3.29. The zero-order chi connectivity index (χ0) is 21.9. The molecule has 3 aromatic rings. The van der Waals surface area contributed by atoms with Crippen LogP contribution >= 0.6 is 0 Å². The molecule has 0 unspecified atom stereocenters. The molecule has 0 atom stereocenters. The molecule has 162 valence electrons. The molecule has 0 bridgehead atoms. The Morgan fingerprint density at radius 3 is 2.58 bits per heavy atom. The second-order valence-electron chi connectivity index (χ2n) is 6.80. The lowest BCUT2D eigenvalue weighted by Crippen LogP contribution is -2.39. The number of hydrogen-bond donors (Lipinski definition) is 3. The van der Waals surface area contributed by atoms with Gasteiger partial charge in [0.25, 0.3) is 5.69 Å². The second-order valence-corrected chi connectivity index (χ2v) is 6.80. The minimum Gasteiger partial charge on any atom is -0.378 e. The smallest absolute Gasteiger partial charge is 0.292 e. The van der Waals surface area contributed by atoms with Gasteiger partial charge in [0.05, 0.1) is 18.0 Å². The molecule has 1 heterocycles. The summed E-state index contributed by atoms with van der Waals surface area (Å²) >= 11 is 0. The largest absolute Gasteiger partial charge is 0.378 e. The first-order valence-corrected chi connectivity index (χ1v) is 10.2. The van der Waals surface area contributed by atoms with Crippen molar-refractivity contribution in [3.05, 3.63) is 88.2 Å². The first kappa shape index (κ1) is 21.8. The highest BCUT2D eigenvalue weighted by Crippen LogP contribution is 2.22. The fourth-order valence-electron chi connectivity index (χ4n) is 3.10. The van der Waals surface area contributed by atoms with E-state index < -0.39 is 0 Å². The quantitative estimate of drug-likeness (QED) is 0.153. The number of guanidine groups is 1. The zero-order valence-electron chi connectivity index (χ0n) is 17.5. The first-order chi connectivity index (χ1) is 15.2. The van der Waals surface area contributed by atoms with Gasteiger partial charge in [-0.25, -0.2) is 4.99 Å². The van der Waals surface area contributed by atoms with Crippen molar-refractivity contribution < 1.29 is 4.92 Å². The number of anilines is 1. The van der Waals surface area contributed by atoms with Crippen molar-refractivity contribution >= 4 is 17.3 Å². The highest BCUT2D eigenvalue weighted by Gasteiger charge is 2.11. The van der Waals surface area contributed by atoms with E-state index in [-0.39, 0.29) is 10.6 Å². The van der Waals surface area contributed by atoms with Crippen molar-refractivity contribution in [1.29, 1.82) is 0 Å². The van der Waals surface area contributed by atoms with Crippen molar-refractivity contribution in [2.75, 3.05) is 25.0 Å². The third-order valence-corrected chi connectivity index (χ3v) is 4.60. The lowest BCUT2D eigenvalue weighted by molar-refractivity contribution is -0.384. The molecule has 0 fully saturated rings. The molecule has 0 spiro atoms. The third kappa shape index (κ3) is 6.56. The summed E-state index contributed by atoms with van der Waals surface area (Å²) in [5.41, 5.74) is 2.87. The predicted molar refractivity (Wildman–Crippen MR) is 122 cm³/mol. The fourth-order valence-corrected chi connectivity index (χ4v) is 3.10. The van der Waals surface area contributed by atoms with Gasteiger partial charge < -0.3 is 16.0 Å². The summed E-state index contributed by atoms with van der Waals surface area (Å²) in [6.45, 7) is 5.05. The highest BCUT2D eigenvalue weighted by atomic mass is 16.6. The summed E-state index contributed by atoms with van der Waals surface area (Å²) in [4.78, 5) is 15.4. The van der Waals surface area contributed by atoms with Crippen molar-refractivity contribution in [3.63, 3.8) is 0 Å². The zero-order valence-corrected chi connectivity index (χ0v) is 17.5. The Labute approximate surface area is 181 Å². The Kier molecular flexibility index (Phi) is 7.98. The maximum Gasteiger partial charge on any atom is 0.292 e. The number of nitro groups is 1. The SMILES string of the molecule is CCNC(=NCc1ccccc1Cn1cccn1)NCCNc1ccccc1[N+](=O)[O-]. The number of rotatable bonds is 10. The lowest BCUT2D eigenvalue weighted by atomic mass is 10.1. The van der Waals surface area contributed by atoms with Crippen LogP contribution in [0.2, 0.25) is 0 Å². The van der Waals surface area contributed by atoms with E-state index in [4.69, 9.17) is 4.99 Å². The van der Waals surface area contributed by atoms with Crippen molar-refractivity contribution in [3.8, 4) is 0 Å². The van der Waals surface area contributed by atoms with E-state index in [1.54, 1.807) is 24.4 Å². The number of hydrogen-bond acceptors (Lipinski definition) is 5. The molecule has 0 saturated carbocycles. The Hall–Kier alpha value is -3.88. The van der Waals surface area contributed by atoms with Gasteiger partial charge in [-0.05, 0) is 30.2 Å². The van der Waals surface area contributed by atoms with Crippen molar-refractivity contribution in [2.24, 2.45) is 4.99 Å². The number of benzene rings is 2. The van der Waals surface area contributed by atoms with Crippen LogP contribution in [0, 0.1) is 10.1 Å². The van der Waals surface area contributed by atoms with Crippen LogP contribution < -0.4 is 16.0 Å². The van der Waals surface area contributed by atoms with Gasteiger partial charge in [0.1, 0.15) is 5.69 Å². The number of aromatic nitrogens is 2. The molecule has 31 heavy (non-hydrogen) atoms. The molecule has 1 aromatic heterocycles. The van der Waals surface area contributed by atoms with Crippen LogP contribution in [0.25, 0.3) is 0 Å². The van der Waals surface area contributed by atoms with E-state index in [9.17, 15) is 10.1 Å². The summed E-state index contributed by atoms with van der Waals surface area (Å²) in [6, 6.07) is 16.7. The number of aliphatic imine (C=N–C) groups is 1. The highest BCUT2D eigenvalue weighted by molar-refractivity contribution is 5.79. The van der Waals surface area contributed by atoms with Gasteiger partial charge in [-0.15, -0.1) is 0 Å². The molecule has 0 aliphatic rings. The number of nitro benzene ring substituents is 1. The van der Waals surface area contributed by atoms with Gasteiger partial charge in [0.15, 0.2) is 5.96 Å². The van der Waals surface area contributed by atoms with Crippen molar-refractivity contribution in [1.82, 2.24) is 20.4 Å². The van der Waals surface area contributed by atoms with Crippen LogP contribution in [0.1, 0.15) is 18.1 Å². The van der Waals surface area contributed by atoms with E-state index in [1.807, 2.05) is 36.0 Å². The van der Waals surface area contributed by atoms with Crippen molar-refractivity contribution in [2.45, 2.75) is 20.0 Å². The molecule has 0 aliphatic heterocycles. The molecule has 0 saturated heterocycles. The first-order valence-electron chi connectivity index (χ1n) is 10.2. The van der Waals surface area contributed by atoms with E-state index in [1.165, 1.54) is 11.6 Å². The number of nitrogens with zero attached hydrogens (tertiary/aromatic N) is 4. The summed E-state index contributed by atoms with van der Waals surface area (Å²) in [6.07, 6.45) is 3.71. The maximum absolute atomic E-state index is 11.1. The molecule has 0 aliphatic carbocycles. The fraction of sp³-hybridized carbons (Fsp3) is 0.273. The molecular weight excluding hydrogens is 394 g/mol. The van der Waals surface area contributed by atoms with Crippen LogP contribution in [0.15, 0.2) is 72.0 Å². The minimum atomic E-state index is -0.387. The standard InChI is InChI=1S/C22H27N7O2/c1-2-23-22(25-14-13-24-20-10-5-6-11-21(20)29(30)31)26-16-18-8-3-4-9-19(18)17-28-15-7-12-27-28/h3-12,15,24H,2,13-14,16-17H2,1H3,(H2,23,25,26). The van der Waals surface area contributed by atoms with Crippen LogP contribution in [0.5, 0.6) is 0 Å². The van der Waals surface area contributed by atoms with E-state index in [2.05, 4.69) is 33.2 Å². The molecule has 9 nitrogen and oxygen atoms in total. The summed E-state index contributed by atoms with van der Waals surface area (Å²) in [5.74, 6) is 0.695. The van der Waals surface area contributed by atoms with Gasteiger partial charge in [0.2, 0.25) is 0 Å². The van der Waals surface area contributed by atoms with E-state index >= 15 is 0 Å². The monoisotopic (exact) mass is 421 g/mol. The normalized spacial score (nSPS) is 11.2. The molecule has 0 amide bonds. The van der Waals surface area contributed by atoms with E-state index in [0.717, 1.165) is 12.1 Å².